The minimum absolute atomic E-state index is 0.0912. The van der Waals surface area contributed by atoms with Crippen LogP contribution in [-0.4, -0.2) is 44.2 Å². The minimum atomic E-state index is -4.35. The maximum Gasteiger partial charge on any atom is 0.324 e. The molecule has 28 heavy (non-hydrogen) atoms. The molecule has 0 aromatic heterocycles. The summed E-state index contributed by atoms with van der Waals surface area (Å²) in [5, 5.41) is 20.3. The molecule has 2 aromatic carbocycles. The van der Waals surface area contributed by atoms with Crippen molar-refractivity contribution in [2.75, 3.05) is 24.1 Å². The first kappa shape index (κ1) is 19.4. The number of carboxylic acids is 1. The smallest absolute Gasteiger partial charge is 0.324 e. The van der Waals surface area contributed by atoms with Gasteiger partial charge >= 0.3 is 5.97 Å². The topological polar surface area (TPSA) is 136 Å². The molecule has 10 nitrogen and oxygen atoms in total. The highest BCUT2D eigenvalue weighted by atomic mass is 32.2. The average molecular weight is 408 g/mol. The van der Waals surface area contributed by atoms with Crippen molar-refractivity contribution in [1.29, 1.82) is 0 Å². The van der Waals surface area contributed by atoms with Gasteiger partial charge < -0.3 is 14.6 Å². The largest absolute Gasteiger partial charge is 0.486 e. The van der Waals surface area contributed by atoms with Crippen LogP contribution in [-0.2, 0) is 14.8 Å². The van der Waals surface area contributed by atoms with Gasteiger partial charge in [0.25, 0.3) is 15.7 Å². The summed E-state index contributed by atoms with van der Waals surface area (Å²) in [7, 11) is -4.35. The Balaban J connectivity index is 2.12. The van der Waals surface area contributed by atoms with Crippen molar-refractivity contribution in [3.8, 4) is 11.5 Å². The lowest BCUT2D eigenvalue weighted by Crippen LogP contribution is -2.36. The molecule has 0 fully saturated rings. The number of non-ortho nitro benzene ring substituents is 1. The van der Waals surface area contributed by atoms with Crippen LogP contribution in [0.4, 0.5) is 11.4 Å². The fourth-order valence-electron chi connectivity index (χ4n) is 2.71. The van der Waals surface area contributed by atoms with Crippen molar-refractivity contribution < 1.29 is 32.7 Å². The van der Waals surface area contributed by atoms with Gasteiger partial charge in [-0.25, -0.2) is 8.42 Å². The normalized spacial score (nSPS) is 13.0. The molecular formula is C17H16N2O8S. The molecule has 0 bridgehead atoms. The van der Waals surface area contributed by atoms with E-state index in [0.29, 0.717) is 22.2 Å². The van der Waals surface area contributed by atoms with Crippen LogP contribution in [0.3, 0.4) is 0 Å². The number of sulfonamides is 1. The second-order valence-corrected chi connectivity index (χ2v) is 7.80. The number of aryl methyl sites for hydroxylation is 1. The van der Waals surface area contributed by atoms with Gasteiger partial charge in [-0.15, -0.1) is 0 Å². The Morgan fingerprint density at radius 3 is 2.50 bits per heavy atom. The number of ether oxygens (including phenoxy) is 2. The summed E-state index contributed by atoms with van der Waals surface area (Å²) < 4.78 is 37.7. The number of benzene rings is 2. The maximum atomic E-state index is 13.2. The van der Waals surface area contributed by atoms with Crippen LogP contribution in [0.15, 0.2) is 41.3 Å². The third-order valence-electron chi connectivity index (χ3n) is 4.05. The van der Waals surface area contributed by atoms with E-state index in [4.69, 9.17) is 9.47 Å². The Morgan fingerprint density at radius 1 is 1.18 bits per heavy atom. The molecular weight excluding hydrogens is 392 g/mol. The number of nitro benzene ring substituents is 1. The standard InChI is InChI=1S/C17H16N2O8S/c1-11-2-3-12(19(22)23)8-14(11)18(10-17(20)21)28(24,25)13-4-5-15-16(9-13)27-7-6-26-15/h2-5,8-9H,6-7,10H2,1H3,(H,20,21). The van der Waals surface area contributed by atoms with E-state index in [1.165, 1.54) is 37.3 Å². The van der Waals surface area contributed by atoms with E-state index in [2.05, 4.69) is 0 Å². The van der Waals surface area contributed by atoms with Crippen molar-refractivity contribution in [2.45, 2.75) is 11.8 Å². The van der Waals surface area contributed by atoms with Gasteiger partial charge in [-0.2, -0.15) is 0 Å². The molecule has 0 amide bonds. The average Bonchev–Trinajstić information content (AvgIpc) is 2.66. The number of carbonyl (C=O) groups is 1. The van der Waals surface area contributed by atoms with Gasteiger partial charge in [0, 0.05) is 18.2 Å². The Bertz CT molecular complexity index is 1050. The van der Waals surface area contributed by atoms with E-state index < -0.39 is 27.5 Å². The van der Waals surface area contributed by atoms with E-state index in [1.54, 1.807) is 0 Å². The Labute approximate surface area is 160 Å². The van der Waals surface area contributed by atoms with E-state index in [9.17, 15) is 28.4 Å². The molecule has 0 radical (unpaired) electrons. The first-order valence-electron chi connectivity index (χ1n) is 8.09. The molecule has 1 heterocycles. The van der Waals surface area contributed by atoms with Crippen molar-refractivity contribution in [2.24, 2.45) is 0 Å². The SMILES string of the molecule is Cc1ccc([N+](=O)[O-])cc1N(CC(=O)O)S(=O)(=O)c1ccc2c(c1)OCCO2. The highest BCUT2D eigenvalue weighted by Gasteiger charge is 2.30. The number of hydrogen-bond donors (Lipinski definition) is 1. The Hall–Kier alpha value is -3.34. The first-order chi connectivity index (χ1) is 13.2. The summed E-state index contributed by atoms with van der Waals surface area (Å²) in [6.07, 6.45) is 0. The number of rotatable bonds is 6. The third-order valence-corrected chi connectivity index (χ3v) is 5.81. The molecule has 1 aliphatic heterocycles. The molecule has 11 heteroatoms. The van der Waals surface area contributed by atoms with Crippen LogP contribution in [0.2, 0.25) is 0 Å². The summed E-state index contributed by atoms with van der Waals surface area (Å²) in [5.74, 6) is -0.813. The van der Waals surface area contributed by atoms with Crippen LogP contribution in [0.25, 0.3) is 0 Å². The maximum absolute atomic E-state index is 13.2. The van der Waals surface area contributed by atoms with Crippen molar-refractivity contribution in [1.82, 2.24) is 0 Å². The van der Waals surface area contributed by atoms with E-state index in [-0.39, 0.29) is 28.6 Å². The summed E-state index contributed by atoms with van der Waals surface area (Å²) in [4.78, 5) is 21.5. The molecule has 148 valence electrons. The zero-order chi connectivity index (χ0) is 20.5. The second-order valence-electron chi connectivity index (χ2n) is 5.94. The Kier molecular flexibility index (Phi) is 5.10. The predicted octanol–water partition coefficient (Wildman–Crippen LogP) is 1.95. The van der Waals surface area contributed by atoms with Crippen LogP contribution in [0.1, 0.15) is 5.56 Å². The molecule has 0 unspecified atom stereocenters. The lowest BCUT2D eigenvalue weighted by Gasteiger charge is -2.25. The van der Waals surface area contributed by atoms with E-state index in [1.807, 2.05) is 0 Å². The lowest BCUT2D eigenvalue weighted by molar-refractivity contribution is -0.384. The highest BCUT2D eigenvalue weighted by Crippen LogP contribution is 2.35. The summed E-state index contributed by atoms with van der Waals surface area (Å²) in [6.45, 7) is 1.21. The van der Waals surface area contributed by atoms with Crippen molar-refractivity contribution in [3.63, 3.8) is 0 Å². The predicted molar refractivity (Wildman–Crippen MR) is 97.4 cm³/mol. The van der Waals surface area contributed by atoms with Gasteiger partial charge in [-0.05, 0) is 24.6 Å². The number of fused-ring (bicyclic) bond motifs is 1. The molecule has 0 spiro atoms. The number of hydrogen-bond acceptors (Lipinski definition) is 7. The van der Waals surface area contributed by atoms with Gasteiger partial charge in [0.15, 0.2) is 11.5 Å². The van der Waals surface area contributed by atoms with Gasteiger partial charge in [0.05, 0.1) is 15.5 Å². The van der Waals surface area contributed by atoms with Crippen molar-refractivity contribution in [3.05, 3.63) is 52.1 Å². The lowest BCUT2D eigenvalue weighted by atomic mass is 10.2. The van der Waals surface area contributed by atoms with Crippen LogP contribution >= 0.6 is 0 Å². The quantitative estimate of drug-likeness (QED) is 0.566. The monoisotopic (exact) mass is 408 g/mol. The van der Waals surface area contributed by atoms with E-state index >= 15 is 0 Å². The second kappa shape index (κ2) is 7.35. The minimum Gasteiger partial charge on any atom is -0.486 e. The number of aliphatic carboxylic acids is 1. The molecule has 0 aliphatic carbocycles. The highest BCUT2D eigenvalue weighted by molar-refractivity contribution is 7.92. The summed E-state index contributed by atoms with van der Waals surface area (Å²) in [6, 6.07) is 7.54. The Morgan fingerprint density at radius 2 is 1.86 bits per heavy atom. The third kappa shape index (κ3) is 3.69. The molecule has 3 rings (SSSR count). The van der Waals surface area contributed by atoms with Crippen LogP contribution in [0, 0.1) is 17.0 Å². The van der Waals surface area contributed by atoms with Gasteiger partial charge in [0.1, 0.15) is 19.8 Å². The summed E-state index contributed by atoms with van der Waals surface area (Å²) >= 11 is 0. The van der Waals surface area contributed by atoms with Crippen molar-refractivity contribution >= 4 is 27.4 Å². The molecule has 1 N–H and O–H groups in total. The molecule has 0 atom stereocenters. The van der Waals surface area contributed by atoms with Gasteiger partial charge in [-0.3, -0.25) is 19.2 Å². The summed E-state index contributed by atoms with van der Waals surface area (Å²) in [5.41, 5.74) is -0.0761. The number of nitro groups is 1. The number of nitrogens with zero attached hydrogens (tertiary/aromatic N) is 2. The van der Waals surface area contributed by atoms with E-state index in [0.717, 1.165) is 6.07 Å². The zero-order valence-electron chi connectivity index (χ0n) is 14.7. The van der Waals surface area contributed by atoms with Crippen LogP contribution < -0.4 is 13.8 Å². The fraction of sp³-hybridized carbons (Fsp3) is 0.235. The van der Waals surface area contributed by atoms with Crippen LogP contribution in [0.5, 0.6) is 11.5 Å². The molecule has 2 aromatic rings. The zero-order valence-corrected chi connectivity index (χ0v) is 15.5. The number of anilines is 1. The molecule has 0 saturated carbocycles. The first-order valence-corrected chi connectivity index (χ1v) is 9.53. The van der Waals surface area contributed by atoms with Gasteiger partial charge in [0.2, 0.25) is 0 Å². The number of carboxylic acid groups (broad SMARTS) is 1. The fourth-order valence-corrected chi connectivity index (χ4v) is 4.20. The molecule has 0 saturated heterocycles. The van der Waals surface area contributed by atoms with Gasteiger partial charge in [-0.1, -0.05) is 6.07 Å². The molecule has 1 aliphatic rings.